The first-order chi connectivity index (χ1) is 11.4. The second-order valence-electron chi connectivity index (χ2n) is 5.74. The molecular weight excluding hydrogens is 310 g/mol. The molecular formula is C17H15N3O2S. The summed E-state index contributed by atoms with van der Waals surface area (Å²) in [4.78, 5) is 11.5. The highest BCUT2D eigenvalue weighted by atomic mass is 32.1. The summed E-state index contributed by atoms with van der Waals surface area (Å²) in [6.45, 7) is 1.19. The van der Waals surface area contributed by atoms with Crippen LogP contribution in [-0.4, -0.2) is 23.2 Å². The molecule has 0 bridgehead atoms. The molecule has 0 saturated heterocycles. The number of ether oxygens (including phenoxy) is 2. The van der Waals surface area contributed by atoms with E-state index in [1.165, 1.54) is 28.7 Å². The summed E-state index contributed by atoms with van der Waals surface area (Å²) in [5.41, 5.74) is 2.37. The summed E-state index contributed by atoms with van der Waals surface area (Å²) in [5, 5.41) is 4.61. The Balaban J connectivity index is 1.56. The molecule has 5 rings (SSSR count). The van der Waals surface area contributed by atoms with Crippen LogP contribution < -0.4 is 14.8 Å². The number of thiophene rings is 1. The number of hydrogen-bond acceptors (Lipinski definition) is 6. The number of anilines is 2. The average Bonchev–Trinajstić information content (AvgIpc) is 3.16. The fourth-order valence-corrected chi connectivity index (χ4v) is 4.51. The van der Waals surface area contributed by atoms with Gasteiger partial charge < -0.3 is 14.8 Å². The average molecular weight is 325 g/mol. The van der Waals surface area contributed by atoms with Crippen LogP contribution in [0.25, 0.3) is 10.2 Å². The minimum absolute atomic E-state index is 0.590. The van der Waals surface area contributed by atoms with E-state index >= 15 is 0 Å². The van der Waals surface area contributed by atoms with Gasteiger partial charge in [-0.1, -0.05) is 0 Å². The molecule has 5 nitrogen and oxygen atoms in total. The summed E-state index contributed by atoms with van der Waals surface area (Å²) in [5.74, 6) is 2.46. The molecule has 0 unspecified atom stereocenters. The van der Waals surface area contributed by atoms with Gasteiger partial charge in [-0.2, -0.15) is 0 Å². The number of aromatic nitrogens is 2. The van der Waals surface area contributed by atoms with Crippen LogP contribution in [0.1, 0.15) is 16.9 Å². The van der Waals surface area contributed by atoms with Gasteiger partial charge in [-0.15, -0.1) is 11.3 Å². The Kier molecular flexibility index (Phi) is 2.91. The van der Waals surface area contributed by atoms with Crippen LogP contribution in [0.5, 0.6) is 11.5 Å². The lowest BCUT2D eigenvalue weighted by Crippen LogP contribution is -2.15. The Morgan fingerprint density at radius 2 is 1.96 bits per heavy atom. The maximum Gasteiger partial charge on any atom is 0.163 e. The smallest absolute Gasteiger partial charge is 0.163 e. The molecule has 1 N–H and O–H groups in total. The van der Waals surface area contributed by atoms with Crippen molar-refractivity contribution in [3.63, 3.8) is 0 Å². The van der Waals surface area contributed by atoms with Gasteiger partial charge in [-0.05, 0) is 37.0 Å². The van der Waals surface area contributed by atoms with Crippen molar-refractivity contribution in [1.82, 2.24) is 9.97 Å². The van der Waals surface area contributed by atoms with Crippen molar-refractivity contribution >= 4 is 33.1 Å². The van der Waals surface area contributed by atoms with E-state index in [-0.39, 0.29) is 0 Å². The quantitative estimate of drug-likeness (QED) is 0.778. The zero-order valence-electron chi connectivity index (χ0n) is 12.5. The van der Waals surface area contributed by atoms with Gasteiger partial charge in [0.15, 0.2) is 11.5 Å². The molecule has 2 aliphatic rings. The van der Waals surface area contributed by atoms with Gasteiger partial charge in [0.1, 0.15) is 30.2 Å². The molecule has 0 fully saturated rings. The van der Waals surface area contributed by atoms with Gasteiger partial charge in [-0.3, -0.25) is 0 Å². The van der Waals surface area contributed by atoms with Crippen molar-refractivity contribution < 1.29 is 9.47 Å². The Morgan fingerprint density at radius 3 is 2.91 bits per heavy atom. The van der Waals surface area contributed by atoms with E-state index in [4.69, 9.17) is 9.47 Å². The number of benzene rings is 1. The van der Waals surface area contributed by atoms with Crippen LogP contribution in [-0.2, 0) is 12.8 Å². The molecule has 2 aromatic heterocycles. The lowest BCUT2D eigenvalue weighted by Gasteiger charge is -2.19. The SMILES string of the molecule is c1nc(Nc2ccc3c(c2)OCCO3)c2c3c(sc2n1)CCC3. The van der Waals surface area contributed by atoms with E-state index in [9.17, 15) is 0 Å². The van der Waals surface area contributed by atoms with Crippen molar-refractivity contribution in [3.8, 4) is 11.5 Å². The first-order valence-corrected chi connectivity index (χ1v) is 8.62. The number of nitrogens with one attached hydrogen (secondary N) is 1. The Morgan fingerprint density at radius 1 is 1.04 bits per heavy atom. The molecule has 0 radical (unpaired) electrons. The van der Waals surface area contributed by atoms with Crippen molar-refractivity contribution in [3.05, 3.63) is 35.0 Å². The number of hydrogen-bond donors (Lipinski definition) is 1. The van der Waals surface area contributed by atoms with E-state index in [0.717, 1.165) is 34.3 Å². The predicted molar refractivity (Wildman–Crippen MR) is 90.2 cm³/mol. The zero-order valence-corrected chi connectivity index (χ0v) is 13.3. The fourth-order valence-electron chi connectivity index (χ4n) is 3.28. The van der Waals surface area contributed by atoms with Gasteiger partial charge >= 0.3 is 0 Å². The van der Waals surface area contributed by atoms with E-state index in [2.05, 4.69) is 15.3 Å². The second-order valence-corrected chi connectivity index (χ2v) is 6.83. The Bertz CT molecular complexity index is 906. The highest BCUT2D eigenvalue weighted by Crippen LogP contribution is 2.40. The van der Waals surface area contributed by atoms with Crippen molar-refractivity contribution in [2.24, 2.45) is 0 Å². The number of rotatable bonds is 2. The third-order valence-electron chi connectivity index (χ3n) is 4.31. The fraction of sp³-hybridized carbons (Fsp3) is 0.294. The minimum Gasteiger partial charge on any atom is -0.486 e. The number of aryl methyl sites for hydroxylation is 2. The predicted octanol–water partition coefficient (Wildman–Crippen LogP) is 3.69. The Hall–Kier alpha value is -2.34. The van der Waals surface area contributed by atoms with Crippen molar-refractivity contribution in [2.45, 2.75) is 19.3 Å². The van der Waals surface area contributed by atoms with E-state index in [0.29, 0.717) is 13.2 Å². The number of nitrogens with zero attached hydrogens (tertiary/aromatic N) is 2. The van der Waals surface area contributed by atoms with Crippen LogP contribution in [0.15, 0.2) is 24.5 Å². The first-order valence-electron chi connectivity index (χ1n) is 7.80. The van der Waals surface area contributed by atoms with Gasteiger partial charge in [-0.25, -0.2) is 9.97 Å². The van der Waals surface area contributed by atoms with Crippen LogP contribution in [0, 0.1) is 0 Å². The molecule has 3 aromatic rings. The maximum atomic E-state index is 5.65. The van der Waals surface area contributed by atoms with Crippen LogP contribution in [0.3, 0.4) is 0 Å². The standard InChI is InChI=1S/C17H15N3O2S/c1-2-11-14(3-1)23-17-15(11)16(18-9-19-17)20-10-4-5-12-13(8-10)22-7-6-21-12/h4-5,8-9H,1-3,6-7H2,(H,18,19,20). The maximum absolute atomic E-state index is 5.65. The molecule has 116 valence electrons. The van der Waals surface area contributed by atoms with Crippen molar-refractivity contribution in [2.75, 3.05) is 18.5 Å². The molecule has 0 spiro atoms. The highest BCUT2D eigenvalue weighted by Gasteiger charge is 2.21. The van der Waals surface area contributed by atoms with Crippen LogP contribution in [0.2, 0.25) is 0 Å². The minimum atomic E-state index is 0.590. The lowest BCUT2D eigenvalue weighted by atomic mass is 10.2. The zero-order chi connectivity index (χ0) is 15.2. The topological polar surface area (TPSA) is 56.3 Å². The van der Waals surface area contributed by atoms with Gasteiger partial charge in [0.05, 0.1) is 5.39 Å². The third-order valence-corrected chi connectivity index (χ3v) is 5.51. The molecule has 1 aliphatic carbocycles. The highest BCUT2D eigenvalue weighted by molar-refractivity contribution is 7.19. The second kappa shape index (κ2) is 5.09. The molecule has 1 aliphatic heterocycles. The molecule has 0 saturated carbocycles. The van der Waals surface area contributed by atoms with E-state index in [1.807, 2.05) is 18.2 Å². The van der Waals surface area contributed by atoms with Crippen LogP contribution >= 0.6 is 11.3 Å². The lowest BCUT2D eigenvalue weighted by molar-refractivity contribution is 0.171. The van der Waals surface area contributed by atoms with Crippen LogP contribution in [0.4, 0.5) is 11.5 Å². The van der Waals surface area contributed by atoms with E-state index < -0.39 is 0 Å². The third kappa shape index (κ3) is 2.13. The monoisotopic (exact) mass is 325 g/mol. The number of fused-ring (bicyclic) bond motifs is 4. The molecule has 0 amide bonds. The van der Waals surface area contributed by atoms with E-state index in [1.54, 1.807) is 17.7 Å². The molecule has 1 aromatic carbocycles. The summed E-state index contributed by atoms with van der Waals surface area (Å²) < 4.78 is 11.2. The largest absolute Gasteiger partial charge is 0.486 e. The summed E-state index contributed by atoms with van der Waals surface area (Å²) >= 11 is 1.80. The van der Waals surface area contributed by atoms with Crippen molar-refractivity contribution in [1.29, 1.82) is 0 Å². The van der Waals surface area contributed by atoms with Gasteiger partial charge in [0.25, 0.3) is 0 Å². The van der Waals surface area contributed by atoms with Gasteiger partial charge in [0, 0.05) is 16.6 Å². The summed E-state index contributed by atoms with van der Waals surface area (Å²) in [6, 6.07) is 5.90. The molecule has 6 heteroatoms. The first kappa shape index (κ1) is 13.1. The summed E-state index contributed by atoms with van der Waals surface area (Å²) in [7, 11) is 0. The molecule has 23 heavy (non-hydrogen) atoms. The normalized spacial score (nSPS) is 15.7. The summed E-state index contributed by atoms with van der Waals surface area (Å²) in [6.07, 6.45) is 5.15. The molecule has 0 atom stereocenters. The van der Waals surface area contributed by atoms with Gasteiger partial charge in [0.2, 0.25) is 0 Å². The molecule has 3 heterocycles. The Labute approximate surface area is 137 Å².